The molecular formula is C54H100O15. The molecule has 2 aliphatic rings. The van der Waals surface area contributed by atoms with Gasteiger partial charge in [0.05, 0.1) is 19.8 Å². The van der Waals surface area contributed by atoms with Crippen LogP contribution in [0.25, 0.3) is 0 Å². The summed E-state index contributed by atoms with van der Waals surface area (Å²) in [6.45, 7) is 2.57. The molecule has 0 aliphatic carbocycles. The molecule has 2 fully saturated rings. The van der Waals surface area contributed by atoms with Crippen molar-refractivity contribution in [1.82, 2.24) is 0 Å². The van der Waals surface area contributed by atoms with Gasteiger partial charge in [0.15, 0.2) is 18.7 Å². The Kier molecular flexibility index (Phi) is 38.3. The second-order valence-electron chi connectivity index (χ2n) is 19.8. The van der Waals surface area contributed by atoms with Gasteiger partial charge in [-0.15, -0.1) is 0 Å². The molecule has 15 nitrogen and oxygen atoms in total. The van der Waals surface area contributed by atoms with E-state index in [2.05, 4.69) is 26.0 Å². The molecule has 11 atom stereocenters. The van der Waals surface area contributed by atoms with E-state index in [1.165, 1.54) is 128 Å². The maximum absolute atomic E-state index is 13.0. The molecule has 0 aromatic carbocycles. The standard InChI is InChI=1S/C54H100O15/c1-3-5-7-9-11-13-15-16-17-18-19-20-21-22-23-24-25-27-28-30-32-34-36-45(56)64-39-42(67-46(57)37-35-33-31-29-26-14-12-10-8-6-4-2)40-65-53-52(63)50(61)48(59)44(69-53)41-66-54-51(62)49(60)47(58)43(38-55)68-54/h10,12,42-44,47-55,58-63H,3-9,11,13-41H2,1-2H3/b12-10+/t42-,43+,44+,47-,48-,49?,50?,51?,52?,53+,54+/m0/s1. The van der Waals surface area contributed by atoms with Gasteiger partial charge < -0.3 is 64.2 Å². The summed E-state index contributed by atoms with van der Waals surface area (Å²) in [7, 11) is 0. The Bertz CT molecular complexity index is 1250. The summed E-state index contributed by atoms with van der Waals surface area (Å²) < 4.78 is 33.6. The molecule has 2 aliphatic heterocycles. The lowest BCUT2D eigenvalue weighted by Crippen LogP contribution is -2.61. The van der Waals surface area contributed by atoms with Crippen LogP contribution in [0.4, 0.5) is 0 Å². The molecule has 0 bridgehead atoms. The van der Waals surface area contributed by atoms with Crippen LogP contribution in [0.5, 0.6) is 0 Å². The minimum atomic E-state index is -1.76. The maximum Gasteiger partial charge on any atom is 0.306 e. The van der Waals surface area contributed by atoms with Crippen LogP contribution in [0.2, 0.25) is 0 Å². The molecule has 15 heteroatoms. The lowest BCUT2D eigenvalue weighted by atomic mass is 9.98. The van der Waals surface area contributed by atoms with E-state index in [1.807, 2.05) is 0 Å². The summed E-state index contributed by atoms with van der Waals surface area (Å²) in [6.07, 6.45) is 25.4. The number of hydrogen-bond donors (Lipinski definition) is 7. The molecule has 7 N–H and O–H groups in total. The average Bonchev–Trinajstić information content (AvgIpc) is 3.34. The van der Waals surface area contributed by atoms with Crippen molar-refractivity contribution in [2.75, 3.05) is 26.4 Å². The molecule has 0 spiro atoms. The van der Waals surface area contributed by atoms with Crippen LogP contribution in [0.3, 0.4) is 0 Å². The number of rotatable bonds is 44. The molecule has 2 saturated heterocycles. The Morgan fingerprint density at radius 1 is 0.449 bits per heavy atom. The van der Waals surface area contributed by atoms with Crippen molar-refractivity contribution in [3.8, 4) is 0 Å². The lowest BCUT2D eigenvalue weighted by molar-refractivity contribution is -0.332. The van der Waals surface area contributed by atoms with Crippen LogP contribution in [-0.4, -0.2) is 142 Å². The van der Waals surface area contributed by atoms with E-state index in [-0.39, 0.29) is 26.1 Å². The van der Waals surface area contributed by atoms with Crippen LogP contribution in [-0.2, 0) is 38.0 Å². The van der Waals surface area contributed by atoms with E-state index in [0.717, 1.165) is 57.8 Å². The molecule has 2 heterocycles. The summed E-state index contributed by atoms with van der Waals surface area (Å²) in [5.41, 5.74) is 0. The fourth-order valence-corrected chi connectivity index (χ4v) is 8.91. The SMILES string of the molecule is CCCC/C=C/CCCCCCCC(=O)O[C@@H](COC(=O)CCCCCCCCCCCCCCCCCCCCCCCC)CO[C@@H]1O[C@H](CO[C@@H]2O[C@H](CO)[C@H](O)C(O)C2O)[C@H](O)C(O)C1O. The van der Waals surface area contributed by atoms with Gasteiger partial charge in [0.25, 0.3) is 0 Å². The number of esters is 2. The van der Waals surface area contributed by atoms with E-state index in [1.54, 1.807) is 0 Å². The minimum absolute atomic E-state index is 0.158. The highest BCUT2D eigenvalue weighted by molar-refractivity contribution is 5.70. The van der Waals surface area contributed by atoms with E-state index in [4.69, 9.17) is 28.4 Å². The normalized spacial score (nSPS) is 25.6. The highest BCUT2D eigenvalue weighted by Crippen LogP contribution is 2.27. The Morgan fingerprint density at radius 3 is 1.32 bits per heavy atom. The van der Waals surface area contributed by atoms with Gasteiger partial charge in [-0.25, -0.2) is 0 Å². The van der Waals surface area contributed by atoms with Gasteiger partial charge in [0, 0.05) is 12.8 Å². The Labute approximate surface area is 416 Å². The van der Waals surface area contributed by atoms with E-state index < -0.39 is 92.7 Å². The summed E-state index contributed by atoms with van der Waals surface area (Å²) in [4.78, 5) is 25.8. The molecule has 4 unspecified atom stereocenters. The second kappa shape index (κ2) is 41.7. The number of ether oxygens (including phenoxy) is 6. The summed E-state index contributed by atoms with van der Waals surface area (Å²) in [5.74, 6) is -0.924. The van der Waals surface area contributed by atoms with Crippen LogP contribution in [0.15, 0.2) is 12.2 Å². The smallest absolute Gasteiger partial charge is 0.306 e. The van der Waals surface area contributed by atoms with Gasteiger partial charge in [0.1, 0.15) is 55.4 Å². The zero-order valence-corrected chi connectivity index (χ0v) is 43.1. The van der Waals surface area contributed by atoms with Crippen LogP contribution < -0.4 is 0 Å². The van der Waals surface area contributed by atoms with Gasteiger partial charge in [-0.2, -0.15) is 0 Å². The Hall–Kier alpha value is -1.76. The number of hydrogen-bond acceptors (Lipinski definition) is 15. The zero-order valence-electron chi connectivity index (χ0n) is 43.1. The van der Waals surface area contributed by atoms with E-state index in [9.17, 15) is 45.3 Å². The first-order chi connectivity index (χ1) is 33.5. The van der Waals surface area contributed by atoms with Gasteiger partial charge in [0.2, 0.25) is 0 Å². The Balaban J connectivity index is 1.72. The molecule has 0 amide bonds. The highest BCUT2D eigenvalue weighted by atomic mass is 16.7. The van der Waals surface area contributed by atoms with Crippen molar-refractivity contribution < 1.29 is 73.8 Å². The predicted octanol–water partition coefficient (Wildman–Crippen LogP) is 8.55. The van der Waals surface area contributed by atoms with Crippen molar-refractivity contribution in [3.63, 3.8) is 0 Å². The molecule has 0 aromatic heterocycles. The Morgan fingerprint density at radius 2 is 0.841 bits per heavy atom. The third-order valence-electron chi connectivity index (χ3n) is 13.5. The molecule has 406 valence electrons. The zero-order chi connectivity index (χ0) is 50.3. The first kappa shape index (κ1) is 63.4. The second-order valence-corrected chi connectivity index (χ2v) is 19.8. The molecule has 0 saturated carbocycles. The van der Waals surface area contributed by atoms with Crippen molar-refractivity contribution in [2.24, 2.45) is 0 Å². The van der Waals surface area contributed by atoms with Crippen LogP contribution in [0, 0.1) is 0 Å². The number of aliphatic hydroxyl groups excluding tert-OH is 7. The van der Waals surface area contributed by atoms with Crippen molar-refractivity contribution in [3.05, 3.63) is 12.2 Å². The number of aliphatic hydroxyl groups is 7. The molecule has 0 aromatic rings. The number of unbranched alkanes of at least 4 members (excludes halogenated alkanes) is 28. The van der Waals surface area contributed by atoms with Crippen LogP contribution in [0.1, 0.15) is 226 Å². The van der Waals surface area contributed by atoms with Gasteiger partial charge in [-0.1, -0.05) is 193 Å². The third kappa shape index (κ3) is 29.5. The average molecular weight is 989 g/mol. The minimum Gasteiger partial charge on any atom is -0.462 e. The highest BCUT2D eigenvalue weighted by Gasteiger charge is 2.47. The summed E-state index contributed by atoms with van der Waals surface area (Å²) >= 11 is 0. The molecule has 0 radical (unpaired) electrons. The molecule has 2 rings (SSSR count). The van der Waals surface area contributed by atoms with Gasteiger partial charge in [-0.3, -0.25) is 9.59 Å². The summed E-state index contributed by atoms with van der Waals surface area (Å²) in [5, 5.41) is 72.1. The lowest BCUT2D eigenvalue weighted by Gasteiger charge is -2.42. The van der Waals surface area contributed by atoms with Gasteiger partial charge in [-0.05, 0) is 32.1 Å². The number of allylic oxidation sites excluding steroid dienone is 2. The predicted molar refractivity (Wildman–Crippen MR) is 266 cm³/mol. The molecule has 69 heavy (non-hydrogen) atoms. The van der Waals surface area contributed by atoms with Gasteiger partial charge >= 0.3 is 11.9 Å². The monoisotopic (exact) mass is 989 g/mol. The topological polar surface area (TPSA) is 231 Å². The number of carbonyl (C=O) groups excluding carboxylic acids is 2. The van der Waals surface area contributed by atoms with Crippen LogP contribution >= 0.6 is 0 Å². The van der Waals surface area contributed by atoms with Crippen molar-refractivity contribution in [1.29, 1.82) is 0 Å². The van der Waals surface area contributed by atoms with Crippen molar-refractivity contribution >= 4 is 11.9 Å². The number of carbonyl (C=O) groups is 2. The van der Waals surface area contributed by atoms with E-state index >= 15 is 0 Å². The third-order valence-corrected chi connectivity index (χ3v) is 13.5. The quantitative estimate of drug-likeness (QED) is 0.0172. The summed E-state index contributed by atoms with van der Waals surface area (Å²) in [6, 6.07) is 0. The largest absolute Gasteiger partial charge is 0.462 e. The molecular weight excluding hydrogens is 889 g/mol. The maximum atomic E-state index is 13.0. The van der Waals surface area contributed by atoms with Crippen molar-refractivity contribution in [2.45, 2.75) is 293 Å². The van der Waals surface area contributed by atoms with E-state index in [0.29, 0.717) is 12.8 Å². The fourth-order valence-electron chi connectivity index (χ4n) is 8.91. The first-order valence-electron chi connectivity index (χ1n) is 27.8. The first-order valence-corrected chi connectivity index (χ1v) is 27.8. The fraction of sp³-hybridized carbons (Fsp3) is 0.926.